The Balaban J connectivity index is 2.04. The maximum Gasteiger partial charge on any atom is 0.167 e. The van der Waals surface area contributed by atoms with Gasteiger partial charge in [-0.25, -0.2) is 0 Å². The number of benzene rings is 1. The van der Waals surface area contributed by atoms with E-state index in [0.717, 1.165) is 5.69 Å². The molecule has 0 spiro atoms. The van der Waals surface area contributed by atoms with Gasteiger partial charge in [0, 0.05) is 29.6 Å². The monoisotopic (exact) mass is 299 g/mol. The van der Waals surface area contributed by atoms with Crippen molar-refractivity contribution in [2.75, 3.05) is 12.0 Å². The second-order valence-electron chi connectivity index (χ2n) is 4.68. The fourth-order valence-electron chi connectivity index (χ4n) is 2.00. The second-order valence-corrected chi connectivity index (χ2v) is 5.09. The number of nitrogens with two attached hydrogens (primary N) is 1. The Morgan fingerprint density at radius 2 is 1.95 bits per heavy atom. The molecule has 0 saturated carbocycles. The van der Waals surface area contributed by atoms with Crippen LogP contribution in [0.1, 0.15) is 6.42 Å². The van der Waals surface area contributed by atoms with Gasteiger partial charge in [0.1, 0.15) is 6.67 Å². The first-order valence-corrected chi connectivity index (χ1v) is 6.66. The van der Waals surface area contributed by atoms with Gasteiger partial charge in [0.2, 0.25) is 0 Å². The van der Waals surface area contributed by atoms with Crippen LogP contribution in [-0.2, 0) is 0 Å². The molecule has 1 aliphatic carbocycles. The quantitative estimate of drug-likeness (QED) is 0.659. The number of nitrogens with one attached hydrogen (secondary N) is 1. The van der Waals surface area contributed by atoms with E-state index >= 15 is 0 Å². The molecule has 21 heavy (non-hydrogen) atoms. The van der Waals surface area contributed by atoms with E-state index in [4.69, 9.17) is 28.0 Å². The third kappa shape index (κ3) is 3.28. The highest BCUT2D eigenvalue weighted by molar-refractivity contribution is 6.14. The maximum atomic E-state index is 9.08. The summed E-state index contributed by atoms with van der Waals surface area (Å²) < 4.78 is 1.43. The van der Waals surface area contributed by atoms with Crippen molar-refractivity contribution in [2.24, 2.45) is 11.1 Å². The van der Waals surface area contributed by atoms with E-state index in [9.17, 15) is 0 Å². The maximum absolute atomic E-state index is 9.08. The van der Waals surface area contributed by atoms with Crippen molar-refractivity contribution in [3.05, 3.63) is 53.9 Å². The van der Waals surface area contributed by atoms with Gasteiger partial charge in [0.05, 0.1) is 17.8 Å². The number of rotatable bonds is 4. The number of para-hydroxylation sites is 1. The fourth-order valence-corrected chi connectivity index (χ4v) is 2.22. The van der Waals surface area contributed by atoms with Crippen molar-refractivity contribution in [3.8, 4) is 12.1 Å². The predicted molar refractivity (Wildman–Crippen MR) is 81.3 cm³/mol. The van der Waals surface area contributed by atoms with E-state index in [1.165, 1.54) is 10.5 Å². The van der Waals surface area contributed by atoms with Gasteiger partial charge in [0.25, 0.3) is 0 Å². The van der Waals surface area contributed by atoms with Gasteiger partial charge >= 0.3 is 0 Å². The Hall–Kier alpha value is -2.63. The van der Waals surface area contributed by atoms with Crippen LogP contribution >= 0.6 is 11.8 Å². The third-order valence-electron chi connectivity index (χ3n) is 3.18. The minimum atomic E-state index is -1.20. The molecule has 0 amide bonds. The average molecular weight is 300 g/mol. The Bertz CT molecular complexity index is 637. The van der Waals surface area contributed by atoms with Gasteiger partial charge in [-0.2, -0.15) is 10.5 Å². The highest BCUT2D eigenvalue weighted by Gasteiger charge is 2.32. The molecule has 0 saturated heterocycles. The summed E-state index contributed by atoms with van der Waals surface area (Å²) >= 11 is 6.20. The minimum absolute atomic E-state index is 0.153. The van der Waals surface area contributed by atoms with Crippen LogP contribution in [-0.4, -0.2) is 11.1 Å². The van der Waals surface area contributed by atoms with Gasteiger partial charge in [-0.1, -0.05) is 18.2 Å². The first kappa shape index (κ1) is 14.8. The Kier molecular flexibility index (Phi) is 4.37. The topological polar surface area (TPSA) is 88.9 Å². The van der Waals surface area contributed by atoms with Crippen LogP contribution in [0.25, 0.3) is 0 Å². The smallest absolute Gasteiger partial charge is 0.167 e. The van der Waals surface area contributed by atoms with Crippen molar-refractivity contribution in [3.63, 3.8) is 0 Å². The molecule has 0 fully saturated rings. The highest BCUT2D eigenvalue weighted by atomic mass is 35.5. The van der Waals surface area contributed by atoms with E-state index in [2.05, 4.69) is 5.32 Å². The van der Waals surface area contributed by atoms with Crippen LogP contribution in [0.15, 0.2) is 53.9 Å². The van der Waals surface area contributed by atoms with E-state index in [0.29, 0.717) is 18.1 Å². The molecule has 0 radical (unpaired) electrons. The van der Waals surface area contributed by atoms with Crippen LogP contribution in [0.5, 0.6) is 0 Å². The molecule has 2 rings (SSSR count). The molecule has 3 N–H and O–H groups in total. The molecule has 0 heterocycles. The van der Waals surface area contributed by atoms with E-state index in [-0.39, 0.29) is 6.42 Å². The fraction of sp³-hybridized carbons (Fsp3) is 0.200. The summed E-state index contributed by atoms with van der Waals surface area (Å²) in [7, 11) is 0. The SMILES string of the molecule is N#CC1(C#N)C=CC(N(Cl)CNc2ccccc2)=C(N)C1. The first-order valence-electron chi connectivity index (χ1n) is 6.33. The summed E-state index contributed by atoms with van der Waals surface area (Å²) in [6.07, 6.45) is 3.31. The van der Waals surface area contributed by atoms with Crippen molar-refractivity contribution < 1.29 is 0 Å². The van der Waals surface area contributed by atoms with E-state index in [1.54, 1.807) is 6.08 Å². The number of allylic oxidation sites excluding steroid dienone is 3. The third-order valence-corrected chi connectivity index (χ3v) is 3.48. The van der Waals surface area contributed by atoms with Crippen molar-refractivity contribution in [1.82, 2.24) is 4.42 Å². The van der Waals surface area contributed by atoms with Crippen LogP contribution in [0, 0.1) is 28.1 Å². The summed E-state index contributed by atoms with van der Waals surface area (Å²) in [5.41, 5.74) is 6.71. The molecule has 0 atom stereocenters. The molecule has 1 aromatic rings. The number of hydrogen-bond donors (Lipinski definition) is 2. The lowest BCUT2D eigenvalue weighted by Crippen LogP contribution is -2.28. The highest BCUT2D eigenvalue weighted by Crippen LogP contribution is 2.32. The largest absolute Gasteiger partial charge is 0.400 e. The van der Waals surface area contributed by atoms with Crippen LogP contribution in [0.2, 0.25) is 0 Å². The van der Waals surface area contributed by atoms with Gasteiger partial charge in [-0.05, 0) is 24.3 Å². The van der Waals surface area contributed by atoms with E-state index in [1.807, 2.05) is 42.5 Å². The lowest BCUT2D eigenvalue weighted by Gasteiger charge is -2.26. The molecule has 0 aliphatic heterocycles. The number of hydrogen-bond acceptors (Lipinski definition) is 5. The molecule has 1 aliphatic rings. The lowest BCUT2D eigenvalue weighted by molar-refractivity contribution is 0.557. The molecule has 6 heteroatoms. The molecule has 0 bridgehead atoms. The van der Waals surface area contributed by atoms with Crippen LogP contribution < -0.4 is 11.1 Å². The van der Waals surface area contributed by atoms with Gasteiger partial charge in [-0.3, -0.25) is 4.42 Å². The zero-order valence-corrected chi connectivity index (χ0v) is 12.0. The van der Waals surface area contributed by atoms with Crippen LogP contribution in [0.4, 0.5) is 5.69 Å². The lowest BCUT2D eigenvalue weighted by atomic mass is 9.82. The molecule has 0 unspecified atom stereocenters. The average Bonchev–Trinajstić information content (AvgIpc) is 2.53. The van der Waals surface area contributed by atoms with Gasteiger partial charge in [0.15, 0.2) is 5.41 Å². The summed E-state index contributed by atoms with van der Waals surface area (Å²) in [6, 6.07) is 13.6. The number of halogens is 1. The number of nitriles is 2. The minimum Gasteiger partial charge on any atom is -0.400 e. The first-order chi connectivity index (χ1) is 10.1. The Morgan fingerprint density at radius 1 is 1.29 bits per heavy atom. The van der Waals surface area contributed by atoms with Crippen molar-refractivity contribution >= 4 is 17.5 Å². The molecule has 5 nitrogen and oxygen atoms in total. The molecule has 1 aromatic carbocycles. The molecule has 0 aromatic heterocycles. The Morgan fingerprint density at radius 3 is 2.52 bits per heavy atom. The summed E-state index contributed by atoms with van der Waals surface area (Å²) in [5, 5.41) is 21.3. The van der Waals surface area contributed by atoms with Crippen molar-refractivity contribution in [1.29, 1.82) is 10.5 Å². The number of nitrogens with zero attached hydrogens (tertiary/aromatic N) is 3. The van der Waals surface area contributed by atoms with Gasteiger partial charge in [-0.15, -0.1) is 0 Å². The standard InChI is InChI=1S/C15H14ClN5/c16-21(11-20-12-4-2-1-3-5-12)14-6-7-15(9-17,10-18)8-13(14)19/h1-7,20H,8,11,19H2. The van der Waals surface area contributed by atoms with Gasteiger partial charge < -0.3 is 11.1 Å². The molecular formula is C15H14ClN5. The normalized spacial score (nSPS) is 16.0. The zero-order valence-electron chi connectivity index (χ0n) is 11.3. The van der Waals surface area contributed by atoms with Crippen molar-refractivity contribution in [2.45, 2.75) is 6.42 Å². The predicted octanol–water partition coefficient (Wildman–Crippen LogP) is 2.68. The summed E-state index contributed by atoms with van der Waals surface area (Å²) in [6.45, 7) is 0.345. The Labute approximate surface area is 128 Å². The summed E-state index contributed by atoms with van der Waals surface area (Å²) in [4.78, 5) is 0. The molecule has 106 valence electrons. The second kappa shape index (κ2) is 6.21. The van der Waals surface area contributed by atoms with Crippen LogP contribution in [0.3, 0.4) is 0 Å². The number of anilines is 1. The molecular weight excluding hydrogens is 286 g/mol. The van der Waals surface area contributed by atoms with E-state index < -0.39 is 5.41 Å². The summed E-state index contributed by atoms with van der Waals surface area (Å²) in [5.74, 6) is 0. The zero-order chi connectivity index (χ0) is 15.3.